The van der Waals surface area contributed by atoms with Gasteiger partial charge in [-0.05, 0) is 19.0 Å². The molecule has 102 valence electrons. The molecule has 0 aliphatic carbocycles. The minimum atomic E-state index is 0.433. The predicted molar refractivity (Wildman–Crippen MR) is 77.2 cm³/mol. The van der Waals surface area contributed by atoms with E-state index in [1.165, 1.54) is 11.1 Å². The van der Waals surface area contributed by atoms with Crippen LogP contribution < -0.4 is 5.32 Å². The van der Waals surface area contributed by atoms with E-state index in [0.717, 1.165) is 25.3 Å². The average molecular weight is 258 g/mol. The van der Waals surface area contributed by atoms with Gasteiger partial charge in [-0.3, -0.25) is 4.68 Å². The van der Waals surface area contributed by atoms with E-state index in [9.17, 15) is 0 Å². The third kappa shape index (κ3) is 3.64. The van der Waals surface area contributed by atoms with Crippen molar-refractivity contribution in [3.05, 3.63) is 47.5 Å². The standard InChI is InChI=1S/C15H22N4/c1-4-16-10-14(9-15-17-11-18-19(15)3)13-7-5-6-12(2)8-13/h5-8,11,14,16H,4,9-10H2,1-3H3. The van der Waals surface area contributed by atoms with Gasteiger partial charge in [0.1, 0.15) is 12.2 Å². The Balaban J connectivity index is 2.18. The zero-order chi connectivity index (χ0) is 13.7. The summed E-state index contributed by atoms with van der Waals surface area (Å²) < 4.78 is 1.86. The number of aryl methyl sites for hydroxylation is 2. The Kier molecular flexibility index (Phi) is 4.68. The number of rotatable bonds is 6. The van der Waals surface area contributed by atoms with Gasteiger partial charge in [0.25, 0.3) is 0 Å². The number of hydrogen-bond donors (Lipinski definition) is 1. The Morgan fingerprint density at radius 2 is 2.21 bits per heavy atom. The second-order valence-corrected chi connectivity index (χ2v) is 4.92. The Bertz CT molecular complexity index is 518. The fourth-order valence-corrected chi connectivity index (χ4v) is 2.28. The van der Waals surface area contributed by atoms with Crippen LogP contribution in [-0.4, -0.2) is 27.9 Å². The lowest BCUT2D eigenvalue weighted by Crippen LogP contribution is -2.23. The van der Waals surface area contributed by atoms with Crippen LogP contribution in [-0.2, 0) is 13.5 Å². The molecule has 1 aromatic heterocycles. The SMILES string of the molecule is CCNCC(Cc1ncnn1C)c1cccc(C)c1. The van der Waals surface area contributed by atoms with Gasteiger partial charge in [0, 0.05) is 25.9 Å². The molecule has 0 bridgehead atoms. The molecule has 0 amide bonds. The van der Waals surface area contributed by atoms with Crippen molar-refractivity contribution >= 4 is 0 Å². The molecule has 1 atom stereocenters. The maximum Gasteiger partial charge on any atom is 0.138 e. The normalized spacial score (nSPS) is 12.6. The molecule has 1 N–H and O–H groups in total. The zero-order valence-corrected chi connectivity index (χ0v) is 11.9. The van der Waals surface area contributed by atoms with Crippen LogP contribution in [0, 0.1) is 6.92 Å². The van der Waals surface area contributed by atoms with E-state index < -0.39 is 0 Å². The highest BCUT2D eigenvalue weighted by molar-refractivity contribution is 5.26. The highest BCUT2D eigenvalue weighted by atomic mass is 15.3. The Labute approximate surface area is 114 Å². The summed E-state index contributed by atoms with van der Waals surface area (Å²) in [5.74, 6) is 1.46. The summed E-state index contributed by atoms with van der Waals surface area (Å²) in [6.45, 7) is 6.22. The maximum absolute atomic E-state index is 4.34. The van der Waals surface area contributed by atoms with Crippen molar-refractivity contribution < 1.29 is 0 Å². The molecule has 4 nitrogen and oxygen atoms in total. The lowest BCUT2D eigenvalue weighted by molar-refractivity contribution is 0.563. The van der Waals surface area contributed by atoms with Crippen molar-refractivity contribution in [2.45, 2.75) is 26.2 Å². The van der Waals surface area contributed by atoms with Crippen molar-refractivity contribution in [2.75, 3.05) is 13.1 Å². The van der Waals surface area contributed by atoms with Gasteiger partial charge in [-0.15, -0.1) is 0 Å². The molecule has 0 aliphatic heterocycles. The first-order valence-electron chi connectivity index (χ1n) is 6.81. The van der Waals surface area contributed by atoms with Crippen LogP contribution in [0.15, 0.2) is 30.6 Å². The number of nitrogens with one attached hydrogen (secondary N) is 1. The molecule has 2 aromatic rings. The zero-order valence-electron chi connectivity index (χ0n) is 11.9. The summed E-state index contributed by atoms with van der Waals surface area (Å²) in [4.78, 5) is 4.34. The molecule has 0 aliphatic rings. The van der Waals surface area contributed by atoms with Crippen LogP contribution in [0.1, 0.15) is 29.8 Å². The van der Waals surface area contributed by atoms with Gasteiger partial charge >= 0.3 is 0 Å². The van der Waals surface area contributed by atoms with E-state index >= 15 is 0 Å². The van der Waals surface area contributed by atoms with Gasteiger partial charge in [0.2, 0.25) is 0 Å². The van der Waals surface area contributed by atoms with Gasteiger partial charge in [-0.2, -0.15) is 5.10 Å². The van der Waals surface area contributed by atoms with Crippen LogP contribution in [0.5, 0.6) is 0 Å². The van der Waals surface area contributed by atoms with Crippen LogP contribution >= 0.6 is 0 Å². The summed E-state index contributed by atoms with van der Waals surface area (Å²) in [5.41, 5.74) is 2.67. The minimum absolute atomic E-state index is 0.433. The third-order valence-corrected chi connectivity index (χ3v) is 3.39. The first kappa shape index (κ1) is 13.7. The molecule has 0 radical (unpaired) electrons. The highest BCUT2D eigenvalue weighted by Crippen LogP contribution is 2.20. The lowest BCUT2D eigenvalue weighted by Gasteiger charge is -2.18. The lowest BCUT2D eigenvalue weighted by atomic mass is 9.94. The molecule has 4 heteroatoms. The third-order valence-electron chi connectivity index (χ3n) is 3.39. The smallest absolute Gasteiger partial charge is 0.138 e. The van der Waals surface area contributed by atoms with E-state index in [2.05, 4.69) is 53.5 Å². The molecule has 2 rings (SSSR count). The molecule has 0 spiro atoms. The second kappa shape index (κ2) is 6.48. The molecular weight excluding hydrogens is 236 g/mol. The van der Waals surface area contributed by atoms with Crippen LogP contribution in [0.3, 0.4) is 0 Å². The molecule has 19 heavy (non-hydrogen) atoms. The van der Waals surface area contributed by atoms with E-state index in [-0.39, 0.29) is 0 Å². The topological polar surface area (TPSA) is 42.7 Å². The fourth-order valence-electron chi connectivity index (χ4n) is 2.28. The van der Waals surface area contributed by atoms with Gasteiger partial charge in [-0.25, -0.2) is 4.98 Å². The predicted octanol–water partition coefficient (Wildman–Crippen LogP) is 2.06. The fraction of sp³-hybridized carbons (Fsp3) is 0.467. The van der Waals surface area contributed by atoms with Crippen molar-refractivity contribution in [3.63, 3.8) is 0 Å². The van der Waals surface area contributed by atoms with E-state index in [1.807, 2.05) is 11.7 Å². The van der Waals surface area contributed by atoms with E-state index in [1.54, 1.807) is 6.33 Å². The van der Waals surface area contributed by atoms with Gasteiger partial charge in [-0.1, -0.05) is 36.8 Å². The molecule has 1 unspecified atom stereocenters. The summed E-state index contributed by atoms with van der Waals surface area (Å²) in [5, 5.41) is 7.59. The summed E-state index contributed by atoms with van der Waals surface area (Å²) in [6, 6.07) is 8.72. The van der Waals surface area contributed by atoms with Crippen LogP contribution in [0.25, 0.3) is 0 Å². The van der Waals surface area contributed by atoms with Crippen molar-refractivity contribution in [2.24, 2.45) is 7.05 Å². The highest BCUT2D eigenvalue weighted by Gasteiger charge is 2.15. The molecule has 0 saturated carbocycles. The molecule has 1 aromatic carbocycles. The maximum atomic E-state index is 4.34. The monoisotopic (exact) mass is 258 g/mol. The first-order chi connectivity index (χ1) is 9.20. The van der Waals surface area contributed by atoms with Gasteiger partial charge < -0.3 is 5.32 Å². The van der Waals surface area contributed by atoms with Gasteiger partial charge in [0.05, 0.1) is 0 Å². The Morgan fingerprint density at radius 1 is 1.37 bits per heavy atom. The number of benzene rings is 1. The first-order valence-corrected chi connectivity index (χ1v) is 6.81. The molecule has 0 saturated heterocycles. The second-order valence-electron chi connectivity index (χ2n) is 4.92. The summed E-state index contributed by atoms with van der Waals surface area (Å²) in [7, 11) is 1.95. The largest absolute Gasteiger partial charge is 0.316 e. The van der Waals surface area contributed by atoms with Crippen molar-refractivity contribution in [3.8, 4) is 0 Å². The Hall–Kier alpha value is -1.68. The molecule has 0 fully saturated rings. The van der Waals surface area contributed by atoms with E-state index in [4.69, 9.17) is 0 Å². The number of likely N-dealkylation sites (N-methyl/N-ethyl adjacent to an activating group) is 1. The van der Waals surface area contributed by atoms with E-state index in [0.29, 0.717) is 5.92 Å². The van der Waals surface area contributed by atoms with Crippen LogP contribution in [0.2, 0.25) is 0 Å². The Morgan fingerprint density at radius 3 is 2.84 bits per heavy atom. The average Bonchev–Trinajstić information content (AvgIpc) is 2.80. The van der Waals surface area contributed by atoms with Crippen molar-refractivity contribution in [1.82, 2.24) is 20.1 Å². The quantitative estimate of drug-likeness (QED) is 0.862. The van der Waals surface area contributed by atoms with Crippen molar-refractivity contribution in [1.29, 1.82) is 0 Å². The molecular formula is C15H22N4. The number of hydrogen-bond acceptors (Lipinski definition) is 3. The molecule has 1 heterocycles. The number of nitrogens with zero attached hydrogens (tertiary/aromatic N) is 3. The van der Waals surface area contributed by atoms with Gasteiger partial charge in [0.15, 0.2) is 0 Å². The summed E-state index contributed by atoms with van der Waals surface area (Å²) in [6.07, 6.45) is 2.53. The van der Waals surface area contributed by atoms with Crippen LogP contribution in [0.4, 0.5) is 0 Å². The summed E-state index contributed by atoms with van der Waals surface area (Å²) >= 11 is 0. The minimum Gasteiger partial charge on any atom is -0.316 e. The number of aromatic nitrogens is 3.